The van der Waals surface area contributed by atoms with Gasteiger partial charge in [-0.25, -0.2) is 0 Å². The number of nitrogens with zero attached hydrogens (tertiary/aromatic N) is 1. The Hall–Kier alpha value is -1.64. The maximum atomic E-state index is 12.1. The van der Waals surface area contributed by atoms with Gasteiger partial charge < -0.3 is 4.90 Å². The van der Waals surface area contributed by atoms with Gasteiger partial charge in [0, 0.05) is 31.3 Å². The lowest BCUT2D eigenvalue weighted by atomic mass is 9.78. The minimum absolute atomic E-state index is 0.00303. The van der Waals surface area contributed by atoms with Gasteiger partial charge in [-0.05, 0) is 18.4 Å². The highest BCUT2D eigenvalue weighted by molar-refractivity contribution is 5.89. The van der Waals surface area contributed by atoms with Crippen LogP contribution in [0.4, 0.5) is 0 Å². The summed E-state index contributed by atoms with van der Waals surface area (Å²) >= 11 is 0. The highest BCUT2D eigenvalue weighted by atomic mass is 16.2. The lowest BCUT2D eigenvalue weighted by Crippen LogP contribution is -2.50. The van der Waals surface area contributed by atoms with Crippen molar-refractivity contribution in [1.29, 1.82) is 0 Å². The SMILES string of the molecule is O=C1CC[C@@H]2C[C@H]1CC(=O)N2Cc1ccccc1. The van der Waals surface area contributed by atoms with Crippen molar-refractivity contribution in [2.75, 3.05) is 0 Å². The van der Waals surface area contributed by atoms with E-state index in [4.69, 9.17) is 0 Å². The van der Waals surface area contributed by atoms with Gasteiger partial charge in [0.15, 0.2) is 0 Å². The highest BCUT2D eigenvalue weighted by Crippen LogP contribution is 2.34. The Morgan fingerprint density at radius 3 is 2.72 bits per heavy atom. The molecule has 1 aromatic carbocycles. The van der Waals surface area contributed by atoms with Gasteiger partial charge in [-0.3, -0.25) is 9.59 Å². The molecule has 2 bridgehead atoms. The normalized spacial score (nSPS) is 27.4. The molecular formula is C15H17NO2. The van der Waals surface area contributed by atoms with Gasteiger partial charge in [0.2, 0.25) is 5.91 Å². The maximum Gasteiger partial charge on any atom is 0.223 e. The smallest absolute Gasteiger partial charge is 0.223 e. The maximum absolute atomic E-state index is 12.1. The molecule has 1 heterocycles. The Morgan fingerprint density at radius 2 is 1.94 bits per heavy atom. The zero-order valence-corrected chi connectivity index (χ0v) is 10.3. The van der Waals surface area contributed by atoms with Crippen LogP contribution in [0.1, 0.15) is 31.2 Å². The van der Waals surface area contributed by atoms with Gasteiger partial charge in [0.25, 0.3) is 0 Å². The number of amides is 1. The van der Waals surface area contributed by atoms with Crippen molar-refractivity contribution in [3.8, 4) is 0 Å². The molecule has 1 aliphatic heterocycles. The summed E-state index contributed by atoms with van der Waals surface area (Å²) in [5.74, 6) is 0.440. The molecule has 1 saturated heterocycles. The molecule has 2 fully saturated rings. The topological polar surface area (TPSA) is 37.4 Å². The lowest BCUT2D eigenvalue weighted by Gasteiger charge is -2.42. The van der Waals surface area contributed by atoms with Crippen molar-refractivity contribution >= 4 is 11.7 Å². The van der Waals surface area contributed by atoms with Crippen molar-refractivity contribution in [2.24, 2.45) is 5.92 Å². The quantitative estimate of drug-likeness (QED) is 0.798. The summed E-state index contributed by atoms with van der Waals surface area (Å²) in [6.45, 7) is 0.686. The van der Waals surface area contributed by atoms with E-state index in [1.54, 1.807) is 0 Å². The Labute approximate surface area is 107 Å². The van der Waals surface area contributed by atoms with Crippen LogP contribution in [0.3, 0.4) is 0 Å². The summed E-state index contributed by atoms with van der Waals surface area (Å²) < 4.78 is 0. The molecule has 3 rings (SSSR count). The molecule has 0 aromatic heterocycles. The van der Waals surface area contributed by atoms with Crippen molar-refractivity contribution in [3.63, 3.8) is 0 Å². The molecule has 1 amide bonds. The fraction of sp³-hybridized carbons (Fsp3) is 0.467. The number of Topliss-reactive ketones (excluding diaryl/α,β-unsaturated/α-hetero) is 1. The summed E-state index contributed by atoms with van der Waals surface area (Å²) in [5, 5.41) is 0. The summed E-state index contributed by atoms with van der Waals surface area (Å²) in [4.78, 5) is 25.7. The van der Waals surface area contributed by atoms with Crippen LogP contribution < -0.4 is 0 Å². The monoisotopic (exact) mass is 243 g/mol. The zero-order valence-electron chi connectivity index (χ0n) is 10.3. The van der Waals surface area contributed by atoms with E-state index in [0.717, 1.165) is 12.8 Å². The van der Waals surface area contributed by atoms with Crippen LogP contribution in [0.25, 0.3) is 0 Å². The van der Waals surface area contributed by atoms with Crippen LogP contribution in [-0.4, -0.2) is 22.6 Å². The van der Waals surface area contributed by atoms with Crippen molar-refractivity contribution in [3.05, 3.63) is 35.9 Å². The summed E-state index contributed by atoms with van der Waals surface area (Å²) in [5.41, 5.74) is 1.17. The van der Waals surface area contributed by atoms with Gasteiger partial charge in [-0.1, -0.05) is 30.3 Å². The molecule has 0 spiro atoms. The molecule has 0 radical (unpaired) electrons. The first-order chi connectivity index (χ1) is 8.74. The number of carbonyl (C=O) groups excluding carboxylic acids is 2. The molecule has 1 aromatic rings. The van der Waals surface area contributed by atoms with Crippen LogP contribution in [0.2, 0.25) is 0 Å². The molecule has 3 nitrogen and oxygen atoms in total. The number of benzene rings is 1. The number of hydrogen-bond acceptors (Lipinski definition) is 2. The number of hydrogen-bond donors (Lipinski definition) is 0. The molecule has 2 aliphatic rings. The molecule has 2 atom stereocenters. The number of carbonyl (C=O) groups is 2. The molecule has 18 heavy (non-hydrogen) atoms. The van der Waals surface area contributed by atoms with E-state index >= 15 is 0 Å². The van der Waals surface area contributed by atoms with E-state index in [0.29, 0.717) is 25.2 Å². The average Bonchev–Trinajstić information content (AvgIpc) is 2.39. The first kappa shape index (κ1) is 11.5. The van der Waals surface area contributed by atoms with Crippen LogP contribution in [0.5, 0.6) is 0 Å². The van der Waals surface area contributed by atoms with E-state index < -0.39 is 0 Å². The number of likely N-dealkylation sites (tertiary alicyclic amines) is 1. The number of ketones is 1. The number of piperidine rings is 1. The van der Waals surface area contributed by atoms with Gasteiger partial charge in [0.1, 0.15) is 5.78 Å². The second kappa shape index (κ2) is 4.56. The summed E-state index contributed by atoms with van der Waals surface area (Å²) in [6, 6.07) is 10.3. The van der Waals surface area contributed by atoms with Gasteiger partial charge in [0.05, 0.1) is 0 Å². The third-order valence-electron chi connectivity index (χ3n) is 4.11. The predicted octanol–water partition coefficient (Wildman–Crippen LogP) is 2.16. The fourth-order valence-electron chi connectivity index (χ4n) is 3.10. The zero-order chi connectivity index (χ0) is 12.5. The van der Waals surface area contributed by atoms with Crippen LogP contribution >= 0.6 is 0 Å². The predicted molar refractivity (Wildman–Crippen MR) is 67.7 cm³/mol. The standard InChI is InChI=1S/C15H17NO2/c17-14-7-6-13-8-12(14)9-15(18)16(13)10-11-4-2-1-3-5-11/h1-5,12-13H,6-10H2/t12-,13+/m0/s1. The summed E-state index contributed by atoms with van der Waals surface area (Å²) in [7, 11) is 0. The van der Waals surface area contributed by atoms with Crippen LogP contribution in [0.15, 0.2) is 30.3 Å². The Morgan fingerprint density at radius 1 is 1.17 bits per heavy atom. The third-order valence-corrected chi connectivity index (χ3v) is 4.11. The Kier molecular flexibility index (Phi) is 2.90. The lowest BCUT2D eigenvalue weighted by molar-refractivity contribution is -0.147. The van der Waals surface area contributed by atoms with Crippen LogP contribution in [0, 0.1) is 5.92 Å². The Bertz CT molecular complexity index is 469. The van der Waals surface area contributed by atoms with Crippen molar-refractivity contribution in [2.45, 2.75) is 38.3 Å². The number of fused-ring (bicyclic) bond motifs is 2. The highest BCUT2D eigenvalue weighted by Gasteiger charge is 2.40. The third kappa shape index (κ3) is 2.05. The van der Waals surface area contributed by atoms with Crippen molar-refractivity contribution in [1.82, 2.24) is 4.90 Å². The number of rotatable bonds is 2. The molecule has 0 N–H and O–H groups in total. The van der Waals surface area contributed by atoms with Gasteiger partial charge in [-0.15, -0.1) is 0 Å². The second-order valence-corrected chi connectivity index (χ2v) is 5.30. The van der Waals surface area contributed by atoms with E-state index in [1.165, 1.54) is 5.56 Å². The second-order valence-electron chi connectivity index (χ2n) is 5.30. The van der Waals surface area contributed by atoms with Gasteiger partial charge in [-0.2, -0.15) is 0 Å². The molecule has 94 valence electrons. The van der Waals surface area contributed by atoms with Gasteiger partial charge >= 0.3 is 0 Å². The molecule has 0 unspecified atom stereocenters. The molecular weight excluding hydrogens is 226 g/mol. The van der Waals surface area contributed by atoms with E-state index in [9.17, 15) is 9.59 Å². The largest absolute Gasteiger partial charge is 0.335 e. The first-order valence-electron chi connectivity index (χ1n) is 6.60. The fourth-order valence-corrected chi connectivity index (χ4v) is 3.10. The van der Waals surface area contributed by atoms with Crippen LogP contribution in [-0.2, 0) is 16.1 Å². The van der Waals surface area contributed by atoms with E-state index in [-0.39, 0.29) is 17.9 Å². The summed E-state index contributed by atoms with van der Waals surface area (Å²) in [6.07, 6.45) is 2.78. The minimum Gasteiger partial charge on any atom is -0.335 e. The Balaban J connectivity index is 1.76. The van der Waals surface area contributed by atoms with E-state index in [2.05, 4.69) is 0 Å². The minimum atomic E-state index is 0.00303. The molecule has 1 saturated carbocycles. The average molecular weight is 243 g/mol. The first-order valence-corrected chi connectivity index (χ1v) is 6.60. The van der Waals surface area contributed by atoms with Crippen molar-refractivity contribution < 1.29 is 9.59 Å². The molecule has 3 heteroatoms. The van der Waals surface area contributed by atoms with E-state index in [1.807, 2.05) is 35.2 Å². The molecule has 1 aliphatic carbocycles.